The third-order valence-electron chi connectivity index (χ3n) is 2.95. The molecular formula is C14H17N3O3S2. The molecule has 1 amide bonds. The van der Waals surface area contributed by atoms with Crippen LogP contribution in [0.15, 0.2) is 40.6 Å². The van der Waals surface area contributed by atoms with Crippen molar-refractivity contribution in [3.8, 4) is 11.3 Å². The van der Waals surface area contributed by atoms with E-state index in [2.05, 4.69) is 14.4 Å². The summed E-state index contributed by atoms with van der Waals surface area (Å²) in [6, 6.07) is 8.21. The highest BCUT2D eigenvalue weighted by Gasteiger charge is 2.26. The van der Waals surface area contributed by atoms with Gasteiger partial charge in [0.1, 0.15) is 10.6 Å². The first-order valence-corrected chi connectivity index (χ1v) is 9.07. The summed E-state index contributed by atoms with van der Waals surface area (Å²) in [6.45, 7) is 3.72. The van der Waals surface area contributed by atoms with Crippen LogP contribution in [0.3, 0.4) is 0 Å². The van der Waals surface area contributed by atoms with Gasteiger partial charge in [0, 0.05) is 17.5 Å². The first kappa shape index (κ1) is 16.6. The normalized spacial score (nSPS) is 12.8. The average Bonchev–Trinajstić information content (AvgIpc) is 2.98. The van der Waals surface area contributed by atoms with Crippen LogP contribution in [0, 0.1) is 0 Å². The molecular weight excluding hydrogens is 322 g/mol. The summed E-state index contributed by atoms with van der Waals surface area (Å²) < 4.78 is 31.5. The predicted octanol–water partition coefficient (Wildman–Crippen LogP) is 1.61. The maximum Gasteiger partial charge on any atom is 0.244 e. The highest BCUT2D eigenvalue weighted by atomic mass is 32.2. The average molecular weight is 339 g/mol. The lowest BCUT2D eigenvalue weighted by atomic mass is 10.2. The van der Waals surface area contributed by atoms with Crippen LogP contribution in [-0.4, -0.2) is 31.3 Å². The lowest BCUT2D eigenvalue weighted by molar-refractivity contribution is -0.122. The topological polar surface area (TPSA) is 88.2 Å². The van der Waals surface area contributed by atoms with Crippen LogP contribution < -0.4 is 10.0 Å². The van der Waals surface area contributed by atoms with Crippen molar-refractivity contribution in [3.63, 3.8) is 0 Å². The number of carbonyl (C=O) groups is 1. The summed E-state index contributed by atoms with van der Waals surface area (Å²) in [5.41, 5.74) is 1.11. The van der Waals surface area contributed by atoms with Crippen molar-refractivity contribution in [1.29, 1.82) is 0 Å². The number of hydrogen-bond acceptors (Lipinski definition) is 5. The second-order valence-electron chi connectivity index (χ2n) is 4.63. The molecule has 6 nitrogen and oxygen atoms in total. The Morgan fingerprint density at radius 1 is 1.32 bits per heavy atom. The van der Waals surface area contributed by atoms with Crippen LogP contribution in [0.2, 0.25) is 0 Å². The molecule has 118 valence electrons. The van der Waals surface area contributed by atoms with E-state index in [-0.39, 0.29) is 10.8 Å². The Balaban J connectivity index is 2.28. The highest BCUT2D eigenvalue weighted by Crippen LogP contribution is 2.27. The molecule has 8 heteroatoms. The van der Waals surface area contributed by atoms with Gasteiger partial charge in [-0.15, -0.1) is 0 Å². The number of hydrogen-bond donors (Lipinski definition) is 2. The lowest BCUT2D eigenvalue weighted by Gasteiger charge is -2.13. The molecule has 0 spiro atoms. The van der Waals surface area contributed by atoms with Crippen molar-refractivity contribution in [2.24, 2.45) is 0 Å². The van der Waals surface area contributed by atoms with Crippen molar-refractivity contribution < 1.29 is 13.2 Å². The van der Waals surface area contributed by atoms with E-state index < -0.39 is 16.1 Å². The molecule has 1 aromatic heterocycles. The van der Waals surface area contributed by atoms with Crippen LogP contribution >= 0.6 is 11.5 Å². The molecule has 2 aromatic rings. The van der Waals surface area contributed by atoms with Crippen LogP contribution in [0.4, 0.5) is 0 Å². The Hall–Kier alpha value is -1.77. The quantitative estimate of drug-likeness (QED) is 0.837. The molecule has 0 saturated heterocycles. The fourth-order valence-electron chi connectivity index (χ4n) is 1.89. The largest absolute Gasteiger partial charge is 0.355 e. The van der Waals surface area contributed by atoms with Gasteiger partial charge in [-0.2, -0.15) is 9.10 Å². The van der Waals surface area contributed by atoms with Crippen LogP contribution in [0.1, 0.15) is 13.8 Å². The number of rotatable bonds is 6. The smallest absolute Gasteiger partial charge is 0.244 e. The molecule has 0 radical (unpaired) electrons. The summed E-state index contributed by atoms with van der Waals surface area (Å²) in [4.78, 5) is 11.8. The summed E-state index contributed by atoms with van der Waals surface area (Å²) in [6.07, 6.45) is 0. The van der Waals surface area contributed by atoms with Gasteiger partial charge >= 0.3 is 0 Å². The Morgan fingerprint density at radius 2 is 2.00 bits per heavy atom. The summed E-state index contributed by atoms with van der Waals surface area (Å²) >= 11 is 1.06. The second kappa shape index (κ2) is 6.99. The van der Waals surface area contributed by atoms with Gasteiger partial charge in [0.05, 0.1) is 6.04 Å². The van der Waals surface area contributed by atoms with E-state index in [1.165, 1.54) is 12.3 Å². The number of nitrogens with zero attached hydrogens (tertiary/aromatic N) is 1. The number of benzene rings is 1. The van der Waals surface area contributed by atoms with E-state index in [1.54, 1.807) is 19.1 Å². The van der Waals surface area contributed by atoms with Gasteiger partial charge < -0.3 is 5.32 Å². The molecule has 0 fully saturated rings. The van der Waals surface area contributed by atoms with Crippen LogP contribution in [0.25, 0.3) is 11.3 Å². The van der Waals surface area contributed by atoms with E-state index in [4.69, 9.17) is 0 Å². The van der Waals surface area contributed by atoms with Gasteiger partial charge in [0.2, 0.25) is 15.9 Å². The third kappa shape index (κ3) is 3.70. The molecule has 1 heterocycles. The second-order valence-corrected chi connectivity index (χ2v) is 6.94. The maximum atomic E-state index is 12.5. The number of nitrogens with one attached hydrogen (secondary N) is 2. The monoisotopic (exact) mass is 339 g/mol. The standard InChI is InChI=1S/C14H17N3O3S2/c1-3-15-14(18)10(2)17-22(19,20)12-9-21-16-13(12)11-7-5-4-6-8-11/h4-10,17H,3H2,1-2H3,(H,15,18)/t10-/m0/s1. The van der Waals surface area contributed by atoms with Crippen LogP contribution in [0.5, 0.6) is 0 Å². The van der Waals surface area contributed by atoms with E-state index in [0.717, 1.165) is 17.1 Å². The Kier molecular flexibility index (Phi) is 5.28. The number of aromatic nitrogens is 1. The zero-order valence-electron chi connectivity index (χ0n) is 12.2. The van der Waals surface area contributed by atoms with E-state index in [0.29, 0.717) is 12.2 Å². The van der Waals surface area contributed by atoms with E-state index in [9.17, 15) is 13.2 Å². The van der Waals surface area contributed by atoms with Crippen LogP contribution in [-0.2, 0) is 14.8 Å². The van der Waals surface area contributed by atoms with Gasteiger partial charge in [-0.1, -0.05) is 30.3 Å². The molecule has 2 N–H and O–H groups in total. The minimum atomic E-state index is -3.82. The molecule has 0 aliphatic rings. The molecule has 0 aliphatic heterocycles. The van der Waals surface area contributed by atoms with Gasteiger partial charge in [0.15, 0.2) is 0 Å². The first-order valence-electron chi connectivity index (χ1n) is 6.75. The molecule has 0 aliphatic carbocycles. The molecule has 0 saturated carbocycles. The van der Waals surface area contributed by atoms with Crippen molar-refractivity contribution >= 4 is 27.5 Å². The van der Waals surface area contributed by atoms with Crippen molar-refractivity contribution in [2.75, 3.05) is 6.54 Å². The zero-order chi connectivity index (χ0) is 16.2. The molecule has 1 atom stereocenters. The highest BCUT2D eigenvalue weighted by molar-refractivity contribution is 7.89. The third-order valence-corrected chi connectivity index (χ3v) is 5.28. The molecule has 22 heavy (non-hydrogen) atoms. The number of likely N-dealkylation sites (N-methyl/N-ethyl adjacent to an activating group) is 1. The van der Waals surface area contributed by atoms with Gasteiger partial charge in [-0.25, -0.2) is 8.42 Å². The minimum absolute atomic E-state index is 0.0832. The zero-order valence-corrected chi connectivity index (χ0v) is 13.9. The number of sulfonamides is 1. The predicted molar refractivity (Wildman–Crippen MR) is 86.0 cm³/mol. The summed E-state index contributed by atoms with van der Waals surface area (Å²) in [5, 5.41) is 4.05. The lowest BCUT2D eigenvalue weighted by Crippen LogP contribution is -2.44. The van der Waals surface area contributed by atoms with Gasteiger partial charge in [-0.05, 0) is 25.4 Å². The molecule has 1 aromatic carbocycles. The SMILES string of the molecule is CCNC(=O)[C@H](C)NS(=O)(=O)c1csnc1-c1ccccc1. The van der Waals surface area contributed by atoms with Crippen molar-refractivity contribution in [3.05, 3.63) is 35.7 Å². The fourth-order valence-corrected chi connectivity index (χ4v) is 4.27. The first-order chi connectivity index (χ1) is 10.5. The molecule has 0 unspecified atom stereocenters. The Morgan fingerprint density at radius 3 is 2.64 bits per heavy atom. The number of carbonyl (C=O) groups excluding carboxylic acids is 1. The maximum absolute atomic E-state index is 12.5. The van der Waals surface area contributed by atoms with Gasteiger partial charge in [-0.3, -0.25) is 4.79 Å². The molecule has 2 rings (SSSR count). The molecule has 0 bridgehead atoms. The Bertz CT molecular complexity index is 742. The summed E-state index contributed by atoms with van der Waals surface area (Å²) in [5.74, 6) is -0.365. The summed E-state index contributed by atoms with van der Waals surface area (Å²) in [7, 11) is -3.82. The van der Waals surface area contributed by atoms with Crippen molar-refractivity contribution in [1.82, 2.24) is 14.4 Å². The minimum Gasteiger partial charge on any atom is -0.355 e. The fraction of sp³-hybridized carbons (Fsp3) is 0.286. The van der Waals surface area contributed by atoms with Crippen molar-refractivity contribution in [2.45, 2.75) is 24.8 Å². The van der Waals surface area contributed by atoms with E-state index >= 15 is 0 Å². The number of amides is 1. The van der Waals surface area contributed by atoms with Gasteiger partial charge in [0.25, 0.3) is 0 Å². The Labute approximate surface area is 133 Å². The van der Waals surface area contributed by atoms with E-state index in [1.807, 2.05) is 18.2 Å².